The fraction of sp³-hybridized carbons (Fsp3) is 0.333. The fourth-order valence-corrected chi connectivity index (χ4v) is 2.85. The van der Waals surface area contributed by atoms with Crippen molar-refractivity contribution in [2.24, 2.45) is 0 Å². The Kier molecular flexibility index (Phi) is 5.16. The molecule has 2 aromatic carbocycles. The molecule has 3 nitrogen and oxygen atoms in total. The second-order valence-corrected chi connectivity index (χ2v) is 6.05. The molecule has 2 aromatic rings. The zero-order valence-electron chi connectivity index (χ0n) is 12.9. The average molecular weight is 336 g/mol. The Labute approximate surface area is 140 Å². The first kappa shape index (κ1) is 16.2. The highest BCUT2D eigenvalue weighted by Crippen LogP contribution is 2.32. The van der Waals surface area contributed by atoms with Crippen molar-refractivity contribution in [3.8, 4) is 5.75 Å². The van der Waals surface area contributed by atoms with Crippen LogP contribution in [-0.2, 0) is 4.74 Å². The molecule has 0 amide bonds. The molecule has 0 unspecified atom stereocenters. The highest BCUT2D eigenvalue weighted by atomic mass is 35.5. The minimum Gasteiger partial charge on any atom is -0.481 e. The summed E-state index contributed by atoms with van der Waals surface area (Å²) in [5, 5.41) is 3.68. The van der Waals surface area contributed by atoms with Gasteiger partial charge < -0.3 is 14.8 Å². The molecular weight excluding hydrogens is 317 g/mol. The third kappa shape index (κ3) is 4.02. The van der Waals surface area contributed by atoms with Gasteiger partial charge in [0.15, 0.2) is 6.10 Å². The molecule has 0 radical (unpaired) electrons. The number of rotatable bonds is 4. The summed E-state index contributed by atoms with van der Waals surface area (Å²) in [6.07, 6.45) is -0.521. The molecule has 0 aromatic heterocycles. The molecule has 3 rings (SSSR count). The van der Waals surface area contributed by atoms with Gasteiger partial charge in [-0.05, 0) is 24.6 Å². The summed E-state index contributed by atoms with van der Waals surface area (Å²) in [5.74, 6) is -0.0533. The zero-order valence-corrected chi connectivity index (χ0v) is 13.6. The molecule has 1 heterocycles. The quantitative estimate of drug-likeness (QED) is 0.919. The summed E-state index contributed by atoms with van der Waals surface area (Å²) < 4.78 is 25.4. The van der Waals surface area contributed by atoms with Crippen LogP contribution in [0, 0.1) is 12.7 Å². The Morgan fingerprint density at radius 2 is 2.17 bits per heavy atom. The first-order chi connectivity index (χ1) is 11.1. The van der Waals surface area contributed by atoms with Crippen molar-refractivity contribution in [1.29, 1.82) is 0 Å². The van der Waals surface area contributed by atoms with Gasteiger partial charge in [0.25, 0.3) is 0 Å². The van der Waals surface area contributed by atoms with Crippen molar-refractivity contribution in [3.05, 3.63) is 64.4 Å². The number of hydrogen-bond acceptors (Lipinski definition) is 3. The van der Waals surface area contributed by atoms with E-state index >= 15 is 0 Å². The molecule has 122 valence electrons. The largest absolute Gasteiger partial charge is 0.481 e. The van der Waals surface area contributed by atoms with Crippen molar-refractivity contribution in [2.45, 2.75) is 19.1 Å². The summed E-state index contributed by atoms with van der Waals surface area (Å²) in [6.45, 7) is 4.13. The summed E-state index contributed by atoms with van der Waals surface area (Å²) in [4.78, 5) is 0. The summed E-state index contributed by atoms with van der Waals surface area (Å²) >= 11 is 6.15. The normalized spacial score (nSPS) is 19.3. The molecule has 5 heteroatoms. The van der Waals surface area contributed by atoms with Crippen LogP contribution in [0.2, 0.25) is 5.02 Å². The average Bonchev–Trinajstić information content (AvgIpc) is 2.56. The van der Waals surface area contributed by atoms with E-state index in [0.29, 0.717) is 23.9 Å². The highest BCUT2D eigenvalue weighted by molar-refractivity contribution is 6.32. The number of aryl methyl sites for hydroxylation is 1. The van der Waals surface area contributed by atoms with E-state index in [9.17, 15) is 4.39 Å². The predicted octanol–water partition coefficient (Wildman–Crippen LogP) is 3.90. The topological polar surface area (TPSA) is 30.5 Å². The number of benzene rings is 2. The van der Waals surface area contributed by atoms with Crippen LogP contribution in [0.4, 0.5) is 4.39 Å². The SMILES string of the molecule is Cc1cccc([C@H](Oc2cc(F)ccc2Cl)[C@@H]2CNCCO2)c1. The van der Waals surface area contributed by atoms with E-state index in [2.05, 4.69) is 11.4 Å². The van der Waals surface area contributed by atoms with Crippen LogP contribution >= 0.6 is 11.6 Å². The first-order valence-electron chi connectivity index (χ1n) is 7.64. The van der Waals surface area contributed by atoms with E-state index in [4.69, 9.17) is 21.1 Å². The smallest absolute Gasteiger partial charge is 0.151 e. The van der Waals surface area contributed by atoms with E-state index in [1.54, 1.807) is 0 Å². The van der Waals surface area contributed by atoms with E-state index in [1.807, 2.05) is 25.1 Å². The Morgan fingerprint density at radius 3 is 2.91 bits per heavy atom. The minimum absolute atomic E-state index is 0.162. The van der Waals surface area contributed by atoms with Crippen molar-refractivity contribution < 1.29 is 13.9 Å². The van der Waals surface area contributed by atoms with Gasteiger partial charge in [-0.25, -0.2) is 4.39 Å². The molecule has 0 saturated carbocycles. The molecule has 1 saturated heterocycles. The summed E-state index contributed by atoms with van der Waals surface area (Å²) in [5.41, 5.74) is 2.12. The van der Waals surface area contributed by atoms with E-state index in [0.717, 1.165) is 17.7 Å². The molecule has 1 N–H and O–H groups in total. The van der Waals surface area contributed by atoms with Crippen LogP contribution in [0.25, 0.3) is 0 Å². The molecule has 0 aliphatic carbocycles. The van der Waals surface area contributed by atoms with Gasteiger partial charge in [0, 0.05) is 19.2 Å². The van der Waals surface area contributed by atoms with Crippen molar-refractivity contribution in [3.63, 3.8) is 0 Å². The molecular formula is C18H19ClFNO2. The van der Waals surface area contributed by atoms with E-state index < -0.39 is 0 Å². The number of morpholine rings is 1. The van der Waals surface area contributed by atoms with Crippen LogP contribution in [0.5, 0.6) is 5.75 Å². The van der Waals surface area contributed by atoms with Crippen LogP contribution in [0.3, 0.4) is 0 Å². The predicted molar refractivity (Wildman–Crippen MR) is 88.6 cm³/mol. The number of hydrogen-bond donors (Lipinski definition) is 1. The third-order valence-electron chi connectivity index (χ3n) is 3.81. The maximum atomic E-state index is 13.5. The standard InChI is InChI=1S/C18H19ClFNO2/c1-12-3-2-4-13(9-12)18(17-11-21-7-8-22-17)23-16-10-14(20)5-6-15(16)19/h2-6,9-10,17-18,21H,7-8,11H2,1H3/t17-,18-/m0/s1. The van der Waals surface area contributed by atoms with Crippen LogP contribution in [-0.4, -0.2) is 25.8 Å². The van der Waals surface area contributed by atoms with Gasteiger partial charge in [-0.3, -0.25) is 0 Å². The molecule has 1 aliphatic rings. The van der Waals surface area contributed by atoms with Gasteiger partial charge in [0.1, 0.15) is 17.7 Å². The molecule has 1 aliphatic heterocycles. The Balaban J connectivity index is 1.92. The minimum atomic E-state index is -0.380. The molecule has 0 bridgehead atoms. The molecule has 23 heavy (non-hydrogen) atoms. The summed E-state index contributed by atoms with van der Waals surface area (Å²) in [7, 11) is 0. The fourth-order valence-electron chi connectivity index (χ4n) is 2.69. The van der Waals surface area contributed by atoms with Gasteiger partial charge in [0.2, 0.25) is 0 Å². The second-order valence-electron chi connectivity index (χ2n) is 5.64. The van der Waals surface area contributed by atoms with Gasteiger partial charge in [0.05, 0.1) is 11.6 Å². The lowest BCUT2D eigenvalue weighted by Gasteiger charge is -2.32. The monoisotopic (exact) mass is 335 g/mol. The molecule has 1 fully saturated rings. The zero-order chi connectivity index (χ0) is 16.2. The lowest BCUT2D eigenvalue weighted by atomic mass is 10.0. The first-order valence-corrected chi connectivity index (χ1v) is 8.02. The van der Waals surface area contributed by atoms with Crippen molar-refractivity contribution in [2.75, 3.05) is 19.7 Å². The van der Waals surface area contributed by atoms with E-state index in [-0.39, 0.29) is 18.0 Å². The maximum absolute atomic E-state index is 13.5. The Hall–Kier alpha value is -1.62. The number of halogens is 2. The molecule has 2 atom stereocenters. The lowest BCUT2D eigenvalue weighted by molar-refractivity contribution is -0.0433. The van der Waals surface area contributed by atoms with Crippen molar-refractivity contribution in [1.82, 2.24) is 5.32 Å². The Morgan fingerprint density at radius 1 is 1.30 bits per heavy atom. The highest BCUT2D eigenvalue weighted by Gasteiger charge is 2.28. The number of nitrogens with one attached hydrogen (secondary N) is 1. The van der Waals surface area contributed by atoms with Crippen LogP contribution < -0.4 is 10.1 Å². The second kappa shape index (κ2) is 7.30. The van der Waals surface area contributed by atoms with Gasteiger partial charge in [-0.2, -0.15) is 0 Å². The molecule has 0 spiro atoms. The third-order valence-corrected chi connectivity index (χ3v) is 4.12. The van der Waals surface area contributed by atoms with Crippen LogP contribution in [0.15, 0.2) is 42.5 Å². The van der Waals surface area contributed by atoms with E-state index in [1.165, 1.54) is 18.2 Å². The summed E-state index contributed by atoms with van der Waals surface area (Å²) in [6, 6.07) is 12.2. The van der Waals surface area contributed by atoms with Gasteiger partial charge in [-0.15, -0.1) is 0 Å². The van der Waals surface area contributed by atoms with Crippen LogP contribution in [0.1, 0.15) is 17.2 Å². The van der Waals surface area contributed by atoms with Crippen molar-refractivity contribution >= 4 is 11.6 Å². The number of ether oxygens (including phenoxy) is 2. The Bertz CT molecular complexity index is 674. The maximum Gasteiger partial charge on any atom is 0.151 e. The van der Waals surface area contributed by atoms with Gasteiger partial charge in [-0.1, -0.05) is 41.4 Å². The van der Waals surface area contributed by atoms with Gasteiger partial charge >= 0.3 is 0 Å². The lowest BCUT2D eigenvalue weighted by Crippen LogP contribution is -2.43.